The lowest BCUT2D eigenvalue weighted by Crippen LogP contribution is -2.44. The third-order valence-electron chi connectivity index (χ3n) is 6.70. The highest BCUT2D eigenvalue weighted by Crippen LogP contribution is 2.38. The second-order valence-corrected chi connectivity index (χ2v) is 12.0. The smallest absolute Gasteiger partial charge is 0.412 e. The van der Waals surface area contributed by atoms with Gasteiger partial charge in [0.2, 0.25) is 6.29 Å². The Hall–Kier alpha value is -2.36. The van der Waals surface area contributed by atoms with E-state index in [1.807, 2.05) is 72.7 Å². The topological polar surface area (TPSA) is 98.9 Å². The molecule has 0 saturated carbocycles. The molecule has 9 nitrogen and oxygen atoms in total. The summed E-state index contributed by atoms with van der Waals surface area (Å²) in [6.45, 7) is 19.9. The molecule has 5 atom stereocenters. The van der Waals surface area contributed by atoms with Crippen LogP contribution in [0.15, 0.2) is 24.3 Å². The van der Waals surface area contributed by atoms with Gasteiger partial charge in [0.25, 0.3) is 0 Å². The first-order chi connectivity index (χ1) is 17.1. The highest BCUT2D eigenvalue weighted by atomic mass is 16.8. The molecule has 0 bridgehead atoms. The Bertz CT molecular complexity index is 931. The Balaban J connectivity index is 1.66. The van der Waals surface area contributed by atoms with E-state index in [9.17, 15) is 9.59 Å². The van der Waals surface area contributed by atoms with Crippen LogP contribution in [0.3, 0.4) is 0 Å². The molecule has 0 aliphatic carbocycles. The SMILES string of the molecule is CC(C)N(C(=O)O[C@@H]1O[C@@H]1[C@H](C)[C@H](OC(=O)Nc1ccc(C(C)(C)C)cc1)[C@H]1COC(C)(C)O1)C(C)C. The zero-order valence-corrected chi connectivity index (χ0v) is 23.9. The molecule has 37 heavy (non-hydrogen) atoms. The Kier molecular flexibility index (Phi) is 8.82. The van der Waals surface area contributed by atoms with Crippen LogP contribution in [0.1, 0.15) is 74.8 Å². The number of anilines is 1. The van der Waals surface area contributed by atoms with Gasteiger partial charge in [0.1, 0.15) is 18.3 Å². The minimum Gasteiger partial charge on any atom is -0.443 e. The summed E-state index contributed by atoms with van der Waals surface area (Å²) in [7, 11) is 0. The van der Waals surface area contributed by atoms with E-state index in [4.69, 9.17) is 23.7 Å². The van der Waals surface area contributed by atoms with E-state index < -0.39 is 42.6 Å². The number of benzene rings is 1. The molecule has 9 heteroatoms. The molecule has 0 unspecified atom stereocenters. The number of hydrogen-bond donors (Lipinski definition) is 1. The highest BCUT2D eigenvalue weighted by Gasteiger charge is 2.54. The van der Waals surface area contributed by atoms with Crippen LogP contribution in [0, 0.1) is 5.92 Å². The Morgan fingerprint density at radius 1 is 1.05 bits per heavy atom. The monoisotopic (exact) mass is 520 g/mol. The lowest BCUT2D eigenvalue weighted by molar-refractivity contribution is -0.155. The van der Waals surface area contributed by atoms with Crippen molar-refractivity contribution in [2.45, 2.75) is 117 Å². The van der Waals surface area contributed by atoms with Crippen LogP contribution in [0.2, 0.25) is 0 Å². The van der Waals surface area contributed by atoms with Gasteiger partial charge in [-0.05, 0) is 64.7 Å². The third kappa shape index (κ3) is 7.58. The molecule has 2 aliphatic heterocycles. The van der Waals surface area contributed by atoms with Gasteiger partial charge in [-0.15, -0.1) is 0 Å². The van der Waals surface area contributed by atoms with Gasteiger partial charge in [-0.2, -0.15) is 0 Å². The van der Waals surface area contributed by atoms with E-state index >= 15 is 0 Å². The number of nitrogens with zero attached hydrogens (tertiary/aromatic N) is 1. The first kappa shape index (κ1) is 29.2. The van der Waals surface area contributed by atoms with E-state index in [1.54, 1.807) is 4.90 Å². The molecule has 2 aliphatic rings. The van der Waals surface area contributed by atoms with Gasteiger partial charge < -0.3 is 28.6 Å². The van der Waals surface area contributed by atoms with Crippen molar-refractivity contribution < 1.29 is 33.3 Å². The second-order valence-electron chi connectivity index (χ2n) is 12.0. The molecule has 0 aromatic heterocycles. The molecule has 3 rings (SSSR count). The van der Waals surface area contributed by atoms with Gasteiger partial charge in [-0.25, -0.2) is 9.59 Å². The molecule has 2 saturated heterocycles. The standard InChI is InChI=1S/C28H44N2O7/c1-16(2)30(17(3)4)26(32)36-24-23(34-24)18(5)22(21-15-33-28(9,10)37-21)35-25(31)29-20-13-11-19(12-14-20)27(6,7)8/h11-14,16-18,21-24H,15H2,1-10H3,(H,29,31)/t18-,21-,22+,23-,24+/m1/s1. The largest absolute Gasteiger partial charge is 0.443 e. The van der Waals surface area contributed by atoms with E-state index in [-0.39, 0.29) is 30.0 Å². The fourth-order valence-corrected chi connectivity index (χ4v) is 4.66. The highest BCUT2D eigenvalue weighted by molar-refractivity contribution is 5.84. The summed E-state index contributed by atoms with van der Waals surface area (Å²) in [6, 6.07) is 7.67. The quantitative estimate of drug-likeness (QED) is 0.441. The van der Waals surface area contributed by atoms with Gasteiger partial charge in [0.15, 0.2) is 5.79 Å². The minimum atomic E-state index is -0.795. The number of carbonyl (C=O) groups excluding carboxylic acids is 2. The summed E-state index contributed by atoms with van der Waals surface area (Å²) in [4.78, 5) is 27.3. The lowest BCUT2D eigenvalue weighted by Gasteiger charge is -2.30. The summed E-state index contributed by atoms with van der Waals surface area (Å²) in [5.74, 6) is -1.11. The van der Waals surface area contributed by atoms with Crippen LogP contribution >= 0.6 is 0 Å². The molecule has 1 N–H and O–H groups in total. The number of rotatable bonds is 8. The van der Waals surface area contributed by atoms with Crippen molar-refractivity contribution in [2.24, 2.45) is 5.92 Å². The normalized spacial score (nSPS) is 24.5. The van der Waals surface area contributed by atoms with Crippen molar-refractivity contribution in [2.75, 3.05) is 11.9 Å². The molecule has 2 fully saturated rings. The molecule has 0 spiro atoms. The van der Waals surface area contributed by atoms with Gasteiger partial charge in [-0.3, -0.25) is 5.32 Å². The Morgan fingerprint density at radius 2 is 1.65 bits per heavy atom. The molecule has 0 radical (unpaired) electrons. The summed E-state index contributed by atoms with van der Waals surface area (Å²) in [5, 5.41) is 2.80. The average Bonchev–Trinajstić information content (AvgIpc) is 3.43. The van der Waals surface area contributed by atoms with E-state index in [0.717, 1.165) is 5.56 Å². The molecule has 2 heterocycles. The third-order valence-corrected chi connectivity index (χ3v) is 6.70. The van der Waals surface area contributed by atoms with Crippen molar-refractivity contribution in [3.63, 3.8) is 0 Å². The van der Waals surface area contributed by atoms with Crippen molar-refractivity contribution in [1.29, 1.82) is 0 Å². The first-order valence-corrected chi connectivity index (χ1v) is 13.1. The van der Waals surface area contributed by atoms with Crippen molar-refractivity contribution in [3.05, 3.63) is 29.8 Å². The maximum atomic E-state index is 12.9. The number of ether oxygens (including phenoxy) is 5. The maximum absolute atomic E-state index is 12.9. The molecular formula is C28H44N2O7. The Morgan fingerprint density at radius 3 is 2.14 bits per heavy atom. The first-order valence-electron chi connectivity index (χ1n) is 13.1. The van der Waals surface area contributed by atoms with Crippen molar-refractivity contribution in [1.82, 2.24) is 4.90 Å². The van der Waals surface area contributed by atoms with Crippen molar-refractivity contribution in [3.8, 4) is 0 Å². The van der Waals surface area contributed by atoms with E-state index in [1.165, 1.54) is 0 Å². The van der Waals surface area contributed by atoms with Crippen LogP contribution < -0.4 is 5.32 Å². The zero-order chi connectivity index (χ0) is 27.7. The van der Waals surface area contributed by atoms with E-state index in [0.29, 0.717) is 5.69 Å². The minimum absolute atomic E-state index is 0.00867. The van der Waals surface area contributed by atoms with Crippen LogP contribution in [0.25, 0.3) is 0 Å². The van der Waals surface area contributed by atoms with Gasteiger partial charge in [0, 0.05) is 23.7 Å². The summed E-state index contributed by atoms with van der Waals surface area (Å²) >= 11 is 0. The molecule has 2 amide bonds. The number of carbonyl (C=O) groups is 2. The zero-order valence-electron chi connectivity index (χ0n) is 23.9. The van der Waals surface area contributed by atoms with E-state index in [2.05, 4.69) is 26.1 Å². The molecular weight excluding hydrogens is 476 g/mol. The predicted octanol–water partition coefficient (Wildman–Crippen LogP) is 5.67. The van der Waals surface area contributed by atoms with Crippen LogP contribution in [0.5, 0.6) is 0 Å². The molecule has 1 aromatic carbocycles. The summed E-state index contributed by atoms with van der Waals surface area (Å²) in [5.41, 5.74) is 1.81. The van der Waals surface area contributed by atoms with Gasteiger partial charge >= 0.3 is 12.2 Å². The maximum Gasteiger partial charge on any atom is 0.412 e. The molecule has 208 valence electrons. The number of nitrogens with one attached hydrogen (secondary N) is 1. The summed E-state index contributed by atoms with van der Waals surface area (Å²) in [6.07, 6.45) is -3.36. The fraction of sp³-hybridized carbons (Fsp3) is 0.714. The van der Waals surface area contributed by atoms with Gasteiger partial charge in [0.05, 0.1) is 6.61 Å². The van der Waals surface area contributed by atoms with Crippen molar-refractivity contribution >= 4 is 17.9 Å². The second kappa shape index (κ2) is 11.2. The predicted molar refractivity (Wildman–Crippen MR) is 140 cm³/mol. The Labute approximate surface area is 221 Å². The van der Waals surface area contributed by atoms with Crippen LogP contribution in [-0.2, 0) is 29.1 Å². The lowest BCUT2D eigenvalue weighted by atomic mass is 9.87. The number of amides is 2. The van der Waals surface area contributed by atoms with Crippen LogP contribution in [-0.4, -0.2) is 66.2 Å². The number of hydrogen-bond acceptors (Lipinski definition) is 7. The van der Waals surface area contributed by atoms with Gasteiger partial charge in [-0.1, -0.05) is 39.8 Å². The van der Waals surface area contributed by atoms with Crippen LogP contribution in [0.4, 0.5) is 15.3 Å². The fourth-order valence-electron chi connectivity index (χ4n) is 4.66. The summed E-state index contributed by atoms with van der Waals surface area (Å²) < 4.78 is 29.0. The number of epoxide rings is 1. The molecule has 1 aromatic rings. The average molecular weight is 521 g/mol.